The van der Waals surface area contributed by atoms with Gasteiger partial charge in [-0.3, -0.25) is 0 Å². The average Bonchev–Trinajstić information content (AvgIpc) is 1.51. The van der Waals surface area contributed by atoms with Crippen LogP contribution < -0.4 is 62.9 Å². The monoisotopic (exact) mass is 2060 g/mol. The minimum atomic E-state index is -3.69. The van der Waals surface area contributed by atoms with Gasteiger partial charge >= 0.3 is 846 Å². The van der Waals surface area contributed by atoms with Crippen LogP contribution in [0.2, 0.25) is 21.4 Å². The van der Waals surface area contributed by atoms with Gasteiger partial charge in [-0.2, -0.15) is 0 Å². The Hall–Kier alpha value is -16.3. The molecule has 6 heterocycles. The number of para-hydroxylation sites is 12. The van der Waals surface area contributed by atoms with Crippen molar-refractivity contribution in [3.63, 3.8) is 0 Å². The molecule has 20 aromatic carbocycles. The van der Waals surface area contributed by atoms with Gasteiger partial charge in [-0.15, -0.1) is 0 Å². The van der Waals surface area contributed by atoms with Crippen molar-refractivity contribution in [2.24, 2.45) is 0 Å². The first-order valence-corrected chi connectivity index (χ1v) is 67.7. The van der Waals surface area contributed by atoms with E-state index in [2.05, 4.69) is 585 Å². The molecule has 0 bridgehead atoms. The molecule has 0 radical (unpaired) electrons. The van der Waals surface area contributed by atoms with Crippen LogP contribution in [0.1, 0.15) is 0 Å². The topological polar surface area (TPSA) is 58.9 Å². The zero-order valence-corrected chi connectivity index (χ0v) is 86.3. The molecule has 23 aromatic rings. The van der Waals surface area contributed by atoms with Gasteiger partial charge in [0, 0.05) is 0 Å². The third kappa shape index (κ3) is 16.0. The maximum absolute atomic E-state index is 7.14. The third-order valence-corrected chi connectivity index (χ3v) is 56.0. The second kappa shape index (κ2) is 37.8. The summed E-state index contributed by atoms with van der Waals surface area (Å²) in [7, 11) is 0. The van der Waals surface area contributed by atoms with Crippen molar-refractivity contribution >= 4 is 214 Å². The van der Waals surface area contributed by atoms with Crippen molar-refractivity contribution in [1.29, 1.82) is 0 Å². The summed E-state index contributed by atoms with van der Waals surface area (Å²) in [5, 5.41) is 3.66. The molecule has 680 valence electrons. The first-order valence-electron chi connectivity index (χ1n) is 48.7. The Morgan fingerprint density at radius 3 is 0.711 bits per heavy atom. The quantitative estimate of drug-likeness (QED) is 0.0695. The van der Waals surface area contributed by atoms with Crippen molar-refractivity contribution in [1.82, 2.24) is 0 Å². The molecule has 0 spiro atoms. The number of fused-ring (bicyclic) bond motifs is 15. The van der Waals surface area contributed by atoms with Gasteiger partial charge in [0.1, 0.15) is 0 Å². The van der Waals surface area contributed by atoms with E-state index in [4.69, 9.17) is 13.3 Å². The van der Waals surface area contributed by atoms with Crippen LogP contribution in [0.4, 0.5) is 102 Å². The molecule has 0 amide bonds. The average molecular weight is 2060 g/mol. The molecule has 142 heavy (non-hydrogen) atoms. The fraction of sp³-hybridized carbons (Fsp3) is 0.0308. The van der Waals surface area contributed by atoms with E-state index >= 15 is 0 Å². The van der Waals surface area contributed by atoms with Crippen LogP contribution in [-0.4, -0.2) is 44.9 Å². The molecule has 12 heteroatoms. The number of nitrogens with zero attached hydrogens (tertiary/aromatic N) is 6. The summed E-state index contributed by atoms with van der Waals surface area (Å²) < 4.78 is 32.1. The number of anilines is 18. The molecule has 26 rings (SSSR count). The summed E-state index contributed by atoms with van der Waals surface area (Å²) >= 11 is -9.39. The molecule has 3 aliphatic rings. The van der Waals surface area contributed by atoms with Crippen molar-refractivity contribution < 1.29 is 13.3 Å². The molecule has 9 nitrogen and oxygen atoms in total. The number of benzene rings is 20. The number of rotatable bonds is 20. The van der Waals surface area contributed by atoms with Gasteiger partial charge in [0.05, 0.1) is 0 Å². The van der Waals surface area contributed by atoms with Crippen molar-refractivity contribution in [2.75, 3.05) is 29.4 Å². The maximum atomic E-state index is 7.14. The van der Waals surface area contributed by atoms with Crippen molar-refractivity contribution in [3.05, 3.63) is 534 Å². The Morgan fingerprint density at radius 2 is 0.408 bits per heavy atom. The van der Waals surface area contributed by atoms with Crippen molar-refractivity contribution in [3.8, 4) is 34.0 Å². The van der Waals surface area contributed by atoms with E-state index in [1.807, 2.05) is 0 Å². The molecular formula is C130H100Ge2N6O3Sn. The van der Waals surface area contributed by atoms with Gasteiger partial charge in [-0.05, 0) is 0 Å². The number of hydrogen-bond acceptors (Lipinski definition) is 9. The molecule has 0 aliphatic carbocycles. The third-order valence-electron chi connectivity index (χ3n) is 28.3. The molecule has 0 saturated heterocycles. The zero-order valence-electron chi connectivity index (χ0n) is 79.2. The molecule has 3 aliphatic heterocycles. The van der Waals surface area contributed by atoms with Crippen LogP contribution >= 0.6 is 0 Å². The predicted molar refractivity (Wildman–Crippen MR) is 604 cm³/mol. The second-order valence-corrected chi connectivity index (χ2v) is 66.4. The molecular weight excluding hydrogens is 1960 g/mol. The van der Waals surface area contributed by atoms with Crippen LogP contribution in [0.15, 0.2) is 547 Å². The van der Waals surface area contributed by atoms with E-state index in [0.29, 0.717) is 0 Å². The van der Waals surface area contributed by atoms with E-state index < -0.39 is 44.9 Å². The first kappa shape index (κ1) is 88.4. The van der Waals surface area contributed by atoms with Crippen LogP contribution in [0.25, 0.3) is 66.9 Å². The summed E-state index contributed by atoms with van der Waals surface area (Å²) in [6, 6.07) is 191. The molecule has 0 unspecified atom stereocenters. The van der Waals surface area contributed by atoms with E-state index in [0.717, 1.165) is 136 Å². The van der Waals surface area contributed by atoms with Gasteiger partial charge < -0.3 is 0 Å². The fourth-order valence-corrected chi connectivity index (χ4v) is 49.1. The Bertz CT molecular complexity index is 7870. The van der Waals surface area contributed by atoms with E-state index in [-0.39, 0.29) is 0 Å². The molecule has 0 atom stereocenters. The van der Waals surface area contributed by atoms with Gasteiger partial charge in [-0.1, -0.05) is 0 Å². The summed E-state index contributed by atoms with van der Waals surface area (Å²) in [6.45, 7) is 0. The standard InChI is InChI=1S/C50H36GeN2O.C40H32GeN2O.C38H26N2O.2CH3.Sn/c1-7-19-37(20-8-1)51(38-21-9-2-10-22-38)47-33-31-43(52(39-23-11-3-12-24-39)40-25-13-4-14-26-40)35-45(47)50-49(51)46-36-44(32-34-48(46)54-50)53(41-27-15-5-16-28-41)42-29-17-6-18-30-42;1-41(2)37-25-23-33(42(29-15-7-3-8-16-29)30-17-9-4-10-18-30)27-35(37)40-39(41)36-28-34(24-26-38(36)44-40)43(31-19-11-5-12-20-31)32-21-13-6-14-22-32;1-5-15-31(16-6-1)39(32-17-7-2-8-18-32)35-23-13-14-29(26-35)38-28-30-27-36(24-25-37(30)41-38)40(33-19-9-3-10-20-33)34-21-11-4-12-22-34;;;/h1-36H;3-28H,1-2H3;1-13,15-27H;2*1H3;. The van der Waals surface area contributed by atoms with Crippen molar-refractivity contribution in [2.45, 2.75) is 21.4 Å². The molecule has 0 N–H and O–H groups in total. The Morgan fingerprint density at radius 1 is 0.190 bits per heavy atom. The summed E-state index contributed by atoms with van der Waals surface area (Å²) in [6.07, 6.45) is 0. The molecule has 0 saturated carbocycles. The number of furan rings is 3. The molecule has 0 fully saturated rings. The zero-order chi connectivity index (χ0) is 95.3. The van der Waals surface area contributed by atoms with Gasteiger partial charge in [0.2, 0.25) is 0 Å². The normalized spacial score (nSPS) is 12.8. The van der Waals surface area contributed by atoms with E-state index in [9.17, 15) is 0 Å². The molecule has 3 aromatic heterocycles. The Balaban J connectivity index is 0.000000116. The van der Waals surface area contributed by atoms with Gasteiger partial charge in [0.25, 0.3) is 0 Å². The predicted octanol–water partition coefficient (Wildman–Crippen LogP) is 31.1. The summed E-state index contributed by atoms with van der Waals surface area (Å²) in [5.41, 5.74) is 26.7. The Kier molecular flexibility index (Phi) is 23.5. The second-order valence-electron chi connectivity index (χ2n) is 37.4. The van der Waals surface area contributed by atoms with Gasteiger partial charge in [0.15, 0.2) is 0 Å². The Labute approximate surface area is 838 Å². The number of hydrogen-bond donors (Lipinski definition) is 0. The van der Waals surface area contributed by atoms with Crippen LogP contribution in [0.5, 0.6) is 0 Å². The van der Waals surface area contributed by atoms with Crippen LogP contribution in [0, 0.1) is 0 Å². The SMILES string of the molecule is [CH3][Ge]1([CH3])[c]2ccc(N(c3ccccc3)c3ccccc3)cc2-c2oc3ccc(N(c4ccccc4)c4ccccc4)cc3[c]21.[CH3][Sn]1([CH3])[c]2ccc(N(c3ccccc3)c3ccccc3)cc2-c2oc3ccc(N(c4ccccc4)c4ccccc4)cc3[c]21.c1ccc(N(c2ccccc2)c2cc[c]3c(c2)-c2oc4ccc(N(c5ccccc5)c5ccccc5)cc4[c]2[Ge]3([c]2ccccc2)[c]2ccccc2)cc1. The summed E-state index contributed by atoms with van der Waals surface area (Å²) in [4.78, 5) is 19.1. The van der Waals surface area contributed by atoms with Crippen LogP contribution in [0.3, 0.4) is 0 Å². The van der Waals surface area contributed by atoms with Gasteiger partial charge in [-0.25, -0.2) is 0 Å². The summed E-state index contributed by atoms with van der Waals surface area (Å²) in [5.74, 6) is 8.10. The first-order chi connectivity index (χ1) is 70.0. The van der Waals surface area contributed by atoms with Crippen LogP contribution in [-0.2, 0) is 0 Å². The minimum absolute atomic E-state index is 0.908. The van der Waals surface area contributed by atoms with E-state index in [1.54, 1.807) is 0 Å². The fourth-order valence-electron chi connectivity index (χ4n) is 22.0. The van der Waals surface area contributed by atoms with E-state index in [1.165, 1.54) is 66.4 Å².